The van der Waals surface area contributed by atoms with Crippen molar-refractivity contribution in [3.8, 4) is 0 Å². The Balaban J connectivity index is 1.90. The molecule has 21 heavy (non-hydrogen) atoms. The fourth-order valence-electron chi connectivity index (χ4n) is 3.03. The van der Waals surface area contributed by atoms with Crippen LogP contribution >= 0.6 is 0 Å². The molecule has 0 bridgehead atoms. The van der Waals surface area contributed by atoms with Crippen molar-refractivity contribution in [3.05, 3.63) is 41.1 Å². The van der Waals surface area contributed by atoms with E-state index in [0.717, 1.165) is 11.3 Å². The number of nitrogens with zero attached hydrogens (tertiary/aromatic N) is 3. The molecule has 1 aliphatic rings. The first-order valence-corrected chi connectivity index (χ1v) is 6.95. The van der Waals surface area contributed by atoms with Crippen LogP contribution in [0.15, 0.2) is 22.9 Å². The second kappa shape index (κ2) is 5.37. The van der Waals surface area contributed by atoms with Gasteiger partial charge in [-0.15, -0.1) is 0 Å². The Morgan fingerprint density at radius 1 is 1.57 bits per heavy atom. The number of carbonyl (C=O) groups is 1. The fourth-order valence-corrected chi connectivity index (χ4v) is 3.03. The van der Waals surface area contributed by atoms with Gasteiger partial charge in [0.15, 0.2) is 0 Å². The van der Waals surface area contributed by atoms with Gasteiger partial charge < -0.3 is 14.1 Å². The third-order valence-corrected chi connectivity index (χ3v) is 4.00. The van der Waals surface area contributed by atoms with Crippen LogP contribution in [0.5, 0.6) is 0 Å². The van der Waals surface area contributed by atoms with Crippen LogP contribution < -0.4 is 0 Å². The molecule has 1 amide bonds. The second-order valence-corrected chi connectivity index (χ2v) is 5.41. The Bertz CT molecular complexity index is 659. The van der Waals surface area contributed by atoms with Crippen molar-refractivity contribution < 1.29 is 13.9 Å². The van der Waals surface area contributed by atoms with Gasteiger partial charge in [-0.2, -0.15) is 5.10 Å². The molecule has 0 saturated heterocycles. The normalized spacial score (nSPS) is 17.9. The summed E-state index contributed by atoms with van der Waals surface area (Å²) in [5, 5.41) is 4.31. The Morgan fingerprint density at radius 3 is 3.05 bits per heavy atom. The van der Waals surface area contributed by atoms with Crippen LogP contribution in [0.4, 0.5) is 0 Å². The number of furan rings is 1. The Labute approximate surface area is 123 Å². The summed E-state index contributed by atoms with van der Waals surface area (Å²) < 4.78 is 12.4. The third kappa shape index (κ3) is 2.35. The van der Waals surface area contributed by atoms with E-state index >= 15 is 0 Å². The molecule has 2 aromatic rings. The number of amides is 1. The first-order valence-electron chi connectivity index (χ1n) is 6.95. The molecule has 2 aromatic heterocycles. The number of aromatic nitrogens is 2. The lowest BCUT2D eigenvalue weighted by atomic mass is 9.96. The second-order valence-electron chi connectivity index (χ2n) is 5.41. The van der Waals surface area contributed by atoms with E-state index in [2.05, 4.69) is 5.10 Å². The van der Waals surface area contributed by atoms with Crippen LogP contribution in [0.2, 0.25) is 0 Å². The number of methoxy groups -OCH3 is 1. The lowest BCUT2D eigenvalue weighted by molar-refractivity contribution is 0.0674. The lowest BCUT2D eigenvalue weighted by Crippen LogP contribution is -2.40. The fraction of sp³-hybridized carbons (Fsp3) is 0.467. The zero-order valence-corrected chi connectivity index (χ0v) is 12.5. The summed E-state index contributed by atoms with van der Waals surface area (Å²) in [5.74, 6) is 0.791. The number of aryl methyl sites for hydroxylation is 2. The predicted octanol–water partition coefficient (Wildman–Crippen LogP) is 1.71. The standard InChI is InChI=1S/C15H19N3O3/c1-10-13(4-5-21-10)15(19)18-7-11-6-16-17(2)14(11)12(8-18)9-20-3/h4-6,12H,7-9H2,1-3H3. The van der Waals surface area contributed by atoms with Crippen LogP contribution in [0.3, 0.4) is 0 Å². The van der Waals surface area contributed by atoms with Gasteiger partial charge in [-0.25, -0.2) is 0 Å². The zero-order chi connectivity index (χ0) is 15.0. The van der Waals surface area contributed by atoms with E-state index < -0.39 is 0 Å². The van der Waals surface area contributed by atoms with Gasteiger partial charge in [-0.3, -0.25) is 9.48 Å². The molecule has 6 heteroatoms. The highest BCUT2D eigenvalue weighted by molar-refractivity contribution is 5.95. The highest BCUT2D eigenvalue weighted by atomic mass is 16.5. The summed E-state index contributed by atoms with van der Waals surface area (Å²) >= 11 is 0. The third-order valence-electron chi connectivity index (χ3n) is 4.00. The molecule has 1 atom stereocenters. The van der Waals surface area contributed by atoms with Gasteiger partial charge >= 0.3 is 0 Å². The number of ether oxygens (including phenoxy) is 1. The molecule has 6 nitrogen and oxygen atoms in total. The molecule has 3 rings (SSSR count). The van der Waals surface area contributed by atoms with Gasteiger partial charge in [-0.1, -0.05) is 0 Å². The van der Waals surface area contributed by atoms with Gasteiger partial charge in [0.1, 0.15) is 5.76 Å². The maximum absolute atomic E-state index is 12.6. The van der Waals surface area contributed by atoms with E-state index in [9.17, 15) is 4.79 Å². The maximum Gasteiger partial charge on any atom is 0.257 e. The van der Waals surface area contributed by atoms with Crippen molar-refractivity contribution in [1.29, 1.82) is 0 Å². The minimum atomic E-state index is -0.00291. The zero-order valence-electron chi connectivity index (χ0n) is 12.5. The molecule has 1 unspecified atom stereocenters. The van der Waals surface area contributed by atoms with Crippen molar-refractivity contribution in [1.82, 2.24) is 14.7 Å². The smallest absolute Gasteiger partial charge is 0.257 e. The van der Waals surface area contributed by atoms with Crippen LogP contribution in [0, 0.1) is 6.92 Å². The first-order chi connectivity index (χ1) is 10.1. The van der Waals surface area contributed by atoms with E-state index in [1.54, 1.807) is 26.4 Å². The van der Waals surface area contributed by atoms with Gasteiger partial charge in [-0.05, 0) is 13.0 Å². The van der Waals surface area contributed by atoms with Crippen LogP contribution in [0.1, 0.15) is 33.3 Å². The summed E-state index contributed by atoms with van der Waals surface area (Å²) in [4.78, 5) is 14.5. The number of fused-ring (bicyclic) bond motifs is 1. The monoisotopic (exact) mass is 289 g/mol. The van der Waals surface area contributed by atoms with Crippen molar-refractivity contribution in [2.24, 2.45) is 7.05 Å². The molecule has 0 radical (unpaired) electrons. The summed E-state index contributed by atoms with van der Waals surface area (Å²) in [6.45, 7) is 3.58. The summed E-state index contributed by atoms with van der Waals surface area (Å²) in [6.07, 6.45) is 3.38. The first kappa shape index (κ1) is 13.9. The molecule has 3 heterocycles. The SMILES string of the molecule is COCC1CN(C(=O)c2ccoc2C)Cc2cnn(C)c21. The molecular weight excluding hydrogens is 270 g/mol. The van der Waals surface area contributed by atoms with E-state index in [4.69, 9.17) is 9.15 Å². The van der Waals surface area contributed by atoms with E-state index in [-0.39, 0.29) is 11.8 Å². The summed E-state index contributed by atoms with van der Waals surface area (Å²) in [7, 11) is 3.61. The molecule has 0 N–H and O–H groups in total. The molecule has 0 saturated carbocycles. The van der Waals surface area contributed by atoms with Crippen molar-refractivity contribution in [2.45, 2.75) is 19.4 Å². The Morgan fingerprint density at radius 2 is 2.38 bits per heavy atom. The number of hydrogen-bond donors (Lipinski definition) is 0. The van der Waals surface area contributed by atoms with E-state index in [1.807, 2.05) is 22.8 Å². The summed E-state index contributed by atoms with van der Waals surface area (Å²) in [6, 6.07) is 1.72. The van der Waals surface area contributed by atoms with Gasteiger partial charge in [0.2, 0.25) is 0 Å². The molecular formula is C15H19N3O3. The van der Waals surface area contributed by atoms with Crippen molar-refractivity contribution in [2.75, 3.05) is 20.3 Å². The number of carbonyl (C=O) groups excluding carboxylic acids is 1. The van der Waals surface area contributed by atoms with Gasteiger partial charge in [0.05, 0.1) is 30.3 Å². The number of hydrogen-bond acceptors (Lipinski definition) is 4. The van der Waals surface area contributed by atoms with Crippen molar-refractivity contribution in [3.63, 3.8) is 0 Å². The number of rotatable bonds is 3. The molecule has 0 aromatic carbocycles. The molecule has 0 aliphatic carbocycles. The molecule has 0 spiro atoms. The topological polar surface area (TPSA) is 60.5 Å². The minimum Gasteiger partial charge on any atom is -0.469 e. The lowest BCUT2D eigenvalue weighted by Gasteiger charge is -2.32. The molecule has 0 fully saturated rings. The predicted molar refractivity (Wildman–Crippen MR) is 76.0 cm³/mol. The summed E-state index contributed by atoms with van der Waals surface area (Å²) in [5.41, 5.74) is 2.86. The van der Waals surface area contributed by atoms with Gasteiger partial charge in [0, 0.05) is 38.7 Å². The Hall–Kier alpha value is -2.08. The minimum absolute atomic E-state index is 0.00291. The maximum atomic E-state index is 12.6. The van der Waals surface area contributed by atoms with Crippen LogP contribution in [-0.4, -0.2) is 40.8 Å². The Kier molecular flexibility index (Phi) is 3.55. The van der Waals surface area contributed by atoms with Crippen molar-refractivity contribution >= 4 is 5.91 Å². The largest absolute Gasteiger partial charge is 0.469 e. The van der Waals surface area contributed by atoms with E-state index in [0.29, 0.717) is 31.0 Å². The average Bonchev–Trinajstić information content (AvgIpc) is 3.05. The molecule has 1 aliphatic heterocycles. The van der Waals surface area contributed by atoms with E-state index in [1.165, 1.54) is 0 Å². The van der Waals surface area contributed by atoms with Crippen LogP contribution in [0.25, 0.3) is 0 Å². The van der Waals surface area contributed by atoms with Gasteiger partial charge in [0.25, 0.3) is 5.91 Å². The average molecular weight is 289 g/mol. The van der Waals surface area contributed by atoms with Crippen LogP contribution in [-0.2, 0) is 18.3 Å². The molecule has 112 valence electrons. The highest BCUT2D eigenvalue weighted by Gasteiger charge is 2.32. The highest BCUT2D eigenvalue weighted by Crippen LogP contribution is 2.29. The quantitative estimate of drug-likeness (QED) is 0.863.